The third-order valence-corrected chi connectivity index (χ3v) is 6.01. The van der Waals surface area contributed by atoms with E-state index in [1.54, 1.807) is 7.11 Å². The Balaban J connectivity index is 1.43. The quantitative estimate of drug-likeness (QED) is 0.411. The smallest absolute Gasteiger partial charge is 0.277 e. The maximum atomic E-state index is 12.6. The second-order valence-electron chi connectivity index (χ2n) is 8.18. The third-order valence-electron chi connectivity index (χ3n) is 6.01. The molecule has 3 heterocycles. The molecule has 0 saturated carbocycles. The highest BCUT2D eigenvalue weighted by molar-refractivity contribution is 5.91. The standard InChI is InChI=1S/C25H24N8O2/c1-35-20-4-2-3-17(15-20)23-29-21-16-27-31-25(34)22(21)24(30-23)28-18-5-7-19(8-6-18)33-13-11-32(10-9-26)12-14-33/h2-8,15-16H,10-14H2,1H3,(H,31,34)(H,28,29,30). The van der Waals surface area contributed by atoms with Gasteiger partial charge in [0.15, 0.2) is 5.82 Å². The molecule has 4 aromatic rings. The van der Waals surface area contributed by atoms with E-state index >= 15 is 0 Å². The molecule has 176 valence electrons. The fourth-order valence-corrected chi connectivity index (χ4v) is 4.14. The van der Waals surface area contributed by atoms with Crippen LogP contribution in [0.25, 0.3) is 22.3 Å². The van der Waals surface area contributed by atoms with Gasteiger partial charge >= 0.3 is 0 Å². The van der Waals surface area contributed by atoms with E-state index in [1.807, 2.05) is 48.5 Å². The molecule has 1 saturated heterocycles. The first kappa shape index (κ1) is 22.3. The number of aromatic amines is 1. The summed E-state index contributed by atoms with van der Waals surface area (Å²) in [6.45, 7) is 3.94. The van der Waals surface area contributed by atoms with E-state index in [-0.39, 0.29) is 5.56 Å². The Kier molecular flexibility index (Phi) is 6.24. The van der Waals surface area contributed by atoms with E-state index in [1.165, 1.54) is 6.20 Å². The number of piperazine rings is 1. The van der Waals surface area contributed by atoms with Crippen molar-refractivity contribution < 1.29 is 4.74 Å². The highest BCUT2D eigenvalue weighted by atomic mass is 16.5. The minimum absolute atomic E-state index is 0.337. The van der Waals surface area contributed by atoms with Crippen molar-refractivity contribution in [2.24, 2.45) is 0 Å². The lowest BCUT2D eigenvalue weighted by Crippen LogP contribution is -2.46. The summed E-state index contributed by atoms with van der Waals surface area (Å²) >= 11 is 0. The van der Waals surface area contributed by atoms with Gasteiger partial charge in [-0.05, 0) is 36.4 Å². The second-order valence-corrected chi connectivity index (χ2v) is 8.18. The van der Waals surface area contributed by atoms with E-state index in [2.05, 4.69) is 41.4 Å². The monoisotopic (exact) mass is 468 g/mol. The molecule has 0 amide bonds. The number of rotatable bonds is 6. The number of fused-ring (bicyclic) bond motifs is 1. The fraction of sp³-hybridized carbons (Fsp3) is 0.240. The molecule has 2 aromatic carbocycles. The lowest BCUT2D eigenvalue weighted by atomic mass is 10.2. The number of H-pyrrole nitrogens is 1. The van der Waals surface area contributed by atoms with Gasteiger partial charge in [0.1, 0.15) is 22.5 Å². The minimum atomic E-state index is -0.367. The summed E-state index contributed by atoms with van der Waals surface area (Å²) in [5.41, 5.74) is 2.74. The molecule has 0 atom stereocenters. The summed E-state index contributed by atoms with van der Waals surface area (Å²) in [6.07, 6.45) is 1.52. The zero-order chi connectivity index (χ0) is 24.2. The molecule has 10 nitrogen and oxygen atoms in total. The average molecular weight is 469 g/mol. The van der Waals surface area contributed by atoms with Gasteiger partial charge in [0, 0.05) is 43.1 Å². The first-order chi connectivity index (χ1) is 17.1. The lowest BCUT2D eigenvalue weighted by molar-refractivity contribution is 0.287. The number of nitriles is 1. The van der Waals surface area contributed by atoms with Crippen molar-refractivity contribution in [1.82, 2.24) is 25.1 Å². The summed E-state index contributed by atoms with van der Waals surface area (Å²) in [5.74, 6) is 1.54. The molecule has 5 rings (SSSR count). The normalized spacial score (nSPS) is 14.0. The van der Waals surface area contributed by atoms with Crippen LogP contribution < -0.4 is 20.5 Å². The molecule has 0 unspecified atom stereocenters. The van der Waals surface area contributed by atoms with Gasteiger partial charge in [0.2, 0.25) is 0 Å². The van der Waals surface area contributed by atoms with Gasteiger partial charge in [0.05, 0.1) is 25.9 Å². The van der Waals surface area contributed by atoms with Gasteiger partial charge in [-0.2, -0.15) is 10.4 Å². The van der Waals surface area contributed by atoms with E-state index in [4.69, 9.17) is 10.00 Å². The predicted molar refractivity (Wildman–Crippen MR) is 134 cm³/mol. The first-order valence-electron chi connectivity index (χ1n) is 11.3. The zero-order valence-electron chi connectivity index (χ0n) is 19.2. The molecule has 1 fully saturated rings. The number of methoxy groups -OCH3 is 1. The summed E-state index contributed by atoms with van der Waals surface area (Å²) < 4.78 is 5.33. The second kappa shape index (κ2) is 9.79. The van der Waals surface area contributed by atoms with Crippen LogP contribution in [0.5, 0.6) is 5.75 Å². The highest BCUT2D eigenvalue weighted by Gasteiger charge is 2.17. The van der Waals surface area contributed by atoms with Crippen LogP contribution >= 0.6 is 0 Å². The van der Waals surface area contributed by atoms with Crippen LogP contribution in [0, 0.1) is 11.3 Å². The van der Waals surface area contributed by atoms with E-state index in [9.17, 15) is 4.79 Å². The Bertz CT molecular complexity index is 1440. The van der Waals surface area contributed by atoms with Crippen LogP contribution in [0.4, 0.5) is 17.2 Å². The van der Waals surface area contributed by atoms with Crippen LogP contribution in [-0.2, 0) is 0 Å². The average Bonchev–Trinajstić information content (AvgIpc) is 2.90. The van der Waals surface area contributed by atoms with Crippen molar-refractivity contribution in [3.63, 3.8) is 0 Å². The number of aromatic nitrogens is 4. The van der Waals surface area contributed by atoms with Crippen LogP contribution in [-0.4, -0.2) is 64.9 Å². The van der Waals surface area contributed by atoms with Crippen LogP contribution in [0.2, 0.25) is 0 Å². The fourth-order valence-electron chi connectivity index (χ4n) is 4.14. The Hall–Kier alpha value is -4.49. The van der Waals surface area contributed by atoms with Gasteiger partial charge in [-0.3, -0.25) is 9.69 Å². The number of anilines is 3. The number of nitrogens with zero attached hydrogens (tertiary/aromatic N) is 6. The van der Waals surface area contributed by atoms with Gasteiger partial charge in [-0.1, -0.05) is 12.1 Å². The summed E-state index contributed by atoms with van der Waals surface area (Å²) in [6, 6.07) is 17.7. The molecule has 2 aromatic heterocycles. The van der Waals surface area contributed by atoms with E-state index in [0.29, 0.717) is 34.8 Å². The third kappa shape index (κ3) is 4.76. The molecule has 35 heavy (non-hydrogen) atoms. The lowest BCUT2D eigenvalue weighted by Gasteiger charge is -2.35. The molecular formula is C25H24N8O2. The largest absolute Gasteiger partial charge is 0.497 e. The van der Waals surface area contributed by atoms with Gasteiger partial charge in [-0.15, -0.1) is 0 Å². The van der Waals surface area contributed by atoms with Crippen molar-refractivity contribution in [2.45, 2.75) is 0 Å². The zero-order valence-corrected chi connectivity index (χ0v) is 19.2. The molecule has 1 aliphatic heterocycles. The molecular weight excluding hydrogens is 444 g/mol. The summed E-state index contributed by atoms with van der Waals surface area (Å²) in [5, 5.41) is 18.9. The number of nitrogens with one attached hydrogen (secondary N) is 2. The van der Waals surface area contributed by atoms with E-state index < -0.39 is 0 Å². The molecule has 1 aliphatic rings. The summed E-state index contributed by atoms with van der Waals surface area (Å²) in [4.78, 5) is 26.3. The van der Waals surface area contributed by atoms with Gasteiger partial charge in [-0.25, -0.2) is 15.1 Å². The van der Waals surface area contributed by atoms with Crippen molar-refractivity contribution in [3.05, 3.63) is 65.1 Å². The topological polar surface area (TPSA) is 123 Å². The highest BCUT2D eigenvalue weighted by Crippen LogP contribution is 2.28. The Labute approximate surface area is 201 Å². The molecule has 0 bridgehead atoms. The number of hydrogen-bond acceptors (Lipinski definition) is 9. The van der Waals surface area contributed by atoms with E-state index in [0.717, 1.165) is 43.1 Å². The number of benzene rings is 2. The van der Waals surface area contributed by atoms with Crippen molar-refractivity contribution in [1.29, 1.82) is 5.26 Å². The van der Waals surface area contributed by atoms with Crippen molar-refractivity contribution in [2.75, 3.05) is 50.1 Å². The number of hydrogen-bond donors (Lipinski definition) is 2. The molecule has 0 aliphatic carbocycles. The summed E-state index contributed by atoms with van der Waals surface area (Å²) in [7, 11) is 1.60. The SMILES string of the molecule is COc1cccc(-c2nc(Nc3ccc(N4CCN(CC#N)CC4)cc3)c3c(=O)[nH]ncc3n2)c1. The number of ether oxygens (including phenoxy) is 1. The maximum Gasteiger partial charge on any atom is 0.277 e. The van der Waals surface area contributed by atoms with Gasteiger partial charge < -0.3 is 15.0 Å². The van der Waals surface area contributed by atoms with Crippen LogP contribution in [0.15, 0.2) is 59.5 Å². The van der Waals surface area contributed by atoms with Gasteiger partial charge in [0.25, 0.3) is 5.56 Å². The molecule has 2 N–H and O–H groups in total. The predicted octanol–water partition coefficient (Wildman–Crippen LogP) is 2.78. The maximum absolute atomic E-state index is 12.6. The minimum Gasteiger partial charge on any atom is -0.497 e. The Morgan fingerprint density at radius 1 is 1.11 bits per heavy atom. The van der Waals surface area contributed by atoms with Crippen molar-refractivity contribution >= 4 is 28.1 Å². The molecule has 0 radical (unpaired) electrons. The van der Waals surface area contributed by atoms with Crippen molar-refractivity contribution in [3.8, 4) is 23.2 Å². The molecule has 0 spiro atoms. The first-order valence-corrected chi connectivity index (χ1v) is 11.3. The Morgan fingerprint density at radius 2 is 1.91 bits per heavy atom. The molecule has 10 heteroatoms. The van der Waals surface area contributed by atoms with Crippen LogP contribution in [0.1, 0.15) is 0 Å². The van der Waals surface area contributed by atoms with Crippen LogP contribution in [0.3, 0.4) is 0 Å². The Morgan fingerprint density at radius 3 is 2.66 bits per heavy atom.